The Morgan fingerprint density at radius 1 is 1.10 bits per heavy atom. The van der Waals surface area contributed by atoms with Crippen LogP contribution in [0.1, 0.15) is 34.3 Å². The Labute approximate surface area is 173 Å². The Hall–Kier alpha value is -3.94. The van der Waals surface area contributed by atoms with E-state index in [2.05, 4.69) is 21.9 Å². The second kappa shape index (κ2) is 8.20. The number of rotatable bonds is 5. The summed E-state index contributed by atoms with van der Waals surface area (Å²) in [6, 6.07) is 16.3. The van der Waals surface area contributed by atoms with E-state index < -0.39 is 0 Å². The van der Waals surface area contributed by atoms with Crippen molar-refractivity contribution in [3.8, 4) is 0 Å². The Balaban J connectivity index is 1.45. The highest BCUT2D eigenvalue weighted by atomic mass is 16.2. The third-order valence-electron chi connectivity index (χ3n) is 4.81. The molecule has 2 aromatic carbocycles. The molecular formula is C22H21N5O3. The zero-order chi connectivity index (χ0) is 21.1. The zero-order valence-corrected chi connectivity index (χ0v) is 16.5. The number of aryl methyl sites for hydroxylation is 1. The SMILES string of the molecule is Cc1cccc(Cn2nccc2NC(=O)c2ccc(N3NC(=O)CCC3=O)cc2)c1. The van der Waals surface area contributed by atoms with Crippen LogP contribution in [0.25, 0.3) is 0 Å². The first-order chi connectivity index (χ1) is 14.5. The minimum absolute atomic E-state index is 0.166. The summed E-state index contributed by atoms with van der Waals surface area (Å²) in [5.41, 5.74) is 5.72. The van der Waals surface area contributed by atoms with E-state index in [1.807, 2.05) is 25.1 Å². The van der Waals surface area contributed by atoms with E-state index in [1.54, 1.807) is 41.2 Å². The van der Waals surface area contributed by atoms with Gasteiger partial charge in [-0.25, -0.2) is 9.69 Å². The molecule has 1 aliphatic heterocycles. The molecule has 0 spiro atoms. The molecule has 152 valence electrons. The number of carbonyl (C=O) groups is 3. The predicted molar refractivity (Wildman–Crippen MR) is 112 cm³/mol. The average Bonchev–Trinajstić information content (AvgIpc) is 3.16. The first-order valence-corrected chi connectivity index (χ1v) is 9.61. The van der Waals surface area contributed by atoms with Gasteiger partial charge in [-0.3, -0.25) is 19.8 Å². The number of hydrazine groups is 1. The number of anilines is 2. The van der Waals surface area contributed by atoms with E-state index in [4.69, 9.17) is 0 Å². The van der Waals surface area contributed by atoms with Gasteiger partial charge in [-0.15, -0.1) is 0 Å². The maximum atomic E-state index is 12.7. The molecule has 1 aromatic heterocycles. The van der Waals surface area contributed by atoms with Crippen LogP contribution in [-0.2, 0) is 16.1 Å². The van der Waals surface area contributed by atoms with Gasteiger partial charge in [0.2, 0.25) is 11.8 Å². The monoisotopic (exact) mass is 403 g/mol. The fraction of sp³-hybridized carbons (Fsp3) is 0.182. The van der Waals surface area contributed by atoms with Crippen molar-refractivity contribution in [1.82, 2.24) is 15.2 Å². The fourth-order valence-electron chi connectivity index (χ4n) is 3.28. The summed E-state index contributed by atoms with van der Waals surface area (Å²) in [6.07, 6.45) is 1.99. The highest BCUT2D eigenvalue weighted by molar-refractivity contribution is 6.05. The van der Waals surface area contributed by atoms with Gasteiger partial charge in [0.1, 0.15) is 5.82 Å². The lowest BCUT2D eigenvalue weighted by Crippen LogP contribution is -2.50. The number of benzene rings is 2. The number of nitrogens with one attached hydrogen (secondary N) is 2. The van der Waals surface area contributed by atoms with E-state index in [-0.39, 0.29) is 30.6 Å². The van der Waals surface area contributed by atoms with Gasteiger partial charge in [0.25, 0.3) is 5.91 Å². The smallest absolute Gasteiger partial charge is 0.256 e. The molecule has 0 saturated carbocycles. The van der Waals surface area contributed by atoms with Gasteiger partial charge in [0.05, 0.1) is 18.4 Å². The van der Waals surface area contributed by atoms with Crippen LogP contribution < -0.4 is 15.8 Å². The second-order valence-electron chi connectivity index (χ2n) is 7.13. The summed E-state index contributed by atoms with van der Waals surface area (Å²) >= 11 is 0. The molecule has 0 unspecified atom stereocenters. The van der Waals surface area contributed by atoms with E-state index in [9.17, 15) is 14.4 Å². The van der Waals surface area contributed by atoms with Crippen molar-refractivity contribution >= 4 is 29.2 Å². The van der Waals surface area contributed by atoms with Gasteiger partial charge in [-0.05, 0) is 36.8 Å². The van der Waals surface area contributed by atoms with Crippen LogP contribution in [-0.4, -0.2) is 27.5 Å². The normalized spacial score (nSPS) is 13.8. The van der Waals surface area contributed by atoms with Crippen LogP contribution in [0.2, 0.25) is 0 Å². The lowest BCUT2D eigenvalue weighted by molar-refractivity contribution is -0.130. The quantitative estimate of drug-likeness (QED) is 0.685. The van der Waals surface area contributed by atoms with E-state index in [1.165, 1.54) is 5.01 Å². The van der Waals surface area contributed by atoms with Gasteiger partial charge in [0, 0.05) is 24.5 Å². The molecule has 1 saturated heterocycles. The topological polar surface area (TPSA) is 96.3 Å². The van der Waals surface area contributed by atoms with Crippen molar-refractivity contribution < 1.29 is 14.4 Å². The van der Waals surface area contributed by atoms with E-state index in [0.29, 0.717) is 23.6 Å². The first kappa shape index (κ1) is 19.4. The summed E-state index contributed by atoms with van der Waals surface area (Å²) in [6.45, 7) is 2.57. The van der Waals surface area contributed by atoms with Gasteiger partial charge in [0.15, 0.2) is 0 Å². The van der Waals surface area contributed by atoms with Crippen LogP contribution in [0.5, 0.6) is 0 Å². The number of nitrogens with zero attached hydrogens (tertiary/aromatic N) is 3. The summed E-state index contributed by atoms with van der Waals surface area (Å²) in [5.74, 6) is -0.101. The lowest BCUT2D eigenvalue weighted by atomic mass is 10.1. The molecule has 8 nitrogen and oxygen atoms in total. The zero-order valence-electron chi connectivity index (χ0n) is 16.5. The molecule has 0 bridgehead atoms. The summed E-state index contributed by atoms with van der Waals surface area (Å²) in [5, 5.41) is 8.38. The number of aromatic nitrogens is 2. The standard InChI is InChI=1S/C22H21N5O3/c1-15-3-2-4-16(13-15)14-26-19(11-12-23-26)24-22(30)17-5-7-18(8-6-17)27-21(29)10-9-20(28)25-27/h2-8,11-13H,9-10,14H2,1H3,(H,24,30)(H,25,28). The van der Waals surface area contributed by atoms with Crippen molar-refractivity contribution in [3.05, 3.63) is 77.5 Å². The third kappa shape index (κ3) is 4.22. The minimum Gasteiger partial charge on any atom is -0.307 e. The molecule has 2 N–H and O–H groups in total. The molecule has 3 aromatic rings. The maximum absolute atomic E-state index is 12.7. The maximum Gasteiger partial charge on any atom is 0.256 e. The Morgan fingerprint density at radius 2 is 1.90 bits per heavy atom. The molecule has 0 aliphatic carbocycles. The van der Waals surface area contributed by atoms with Gasteiger partial charge < -0.3 is 5.32 Å². The van der Waals surface area contributed by atoms with Crippen molar-refractivity contribution in [1.29, 1.82) is 0 Å². The van der Waals surface area contributed by atoms with Crippen LogP contribution in [0.3, 0.4) is 0 Å². The second-order valence-corrected chi connectivity index (χ2v) is 7.13. The van der Waals surface area contributed by atoms with Crippen molar-refractivity contribution in [2.45, 2.75) is 26.3 Å². The van der Waals surface area contributed by atoms with E-state index >= 15 is 0 Å². The number of hydrogen-bond acceptors (Lipinski definition) is 4. The predicted octanol–water partition coefficient (Wildman–Crippen LogP) is 2.65. The lowest BCUT2D eigenvalue weighted by Gasteiger charge is -2.27. The average molecular weight is 403 g/mol. The molecule has 3 amide bonds. The van der Waals surface area contributed by atoms with Crippen molar-refractivity contribution in [2.75, 3.05) is 10.3 Å². The van der Waals surface area contributed by atoms with Gasteiger partial charge in [-0.2, -0.15) is 5.10 Å². The Kier molecular flexibility index (Phi) is 5.30. The molecule has 2 heterocycles. The van der Waals surface area contributed by atoms with Crippen LogP contribution >= 0.6 is 0 Å². The fourth-order valence-corrected chi connectivity index (χ4v) is 3.28. The van der Waals surface area contributed by atoms with Gasteiger partial charge >= 0.3 is 0 Å². The summed E-state index contributed by atoms with van der Waals surface area (Å²) in [4.78, 5) is 36.2. The molecule has 8 heteroatoms. The van der Waals surface area contributed by atoms with Crippen molar-refractivity contribution in [3.63, 3.8) is 0 Å². The molecule has 0 atom stereocenters. The van der Waals surface area contributed by atoms with Crippen LogP contribution in [0.15, 0.2) is 60.8 Å². The Bertz CT molecular complexity index is 1100. The third-order valence-corrected chi connectivity index (χ3v) is 4.81. The molecule has 30 heavy (non-hydrogen) atoms. The van der Waals surface area contributed by atoms with Gasteiger partial charge in [-0.1, -0.05) is 29.8 Å². The molecular weight excluding hydrogens is 382 g/mol. The van der Waals surface area contributed by atoms with Crippen LogP contribution in [0, 0.1) is 6.92 Å². The molecule has 1 aliphatic rings. The highest BCUT2D eigenvalue weighted by Crippen LogP contribution is 2.19. The van der Waals surface area contributed by atoms with Crippen LogP contribution in [0.4, 0.5) is 11.5 Å². The summed E-state index contributed by atoms with van der Waals surface area (Å²) < 4.78 is 1.73. The first-order valence-electron chi connectivity index (χ1n) is 9.61. The van der Waals surface area contributed by atoms with Crippen molar-refractivity contribution in [2.24, 2.45) is 0 Å². The Morgan fingerprint density at radius 3 is 2.67 bits per heavy atom. The van der Waals surface area contributed by atoms with E-state index in [0.717, 1.165) is 11.1 Å². The molecule has 1 fully saturated rings. The number of hydrogen-bond donors (Lipinski definition) is 2. The largest absolute Gasteiger partial charge is 0.307 e. The highest BCUT2D eigenvalue weighted by Gasteiger charge is 2.24. The summed E-state index contributed by atoms with van der Waals surface area (Å²) in [7, 11) is 0. The number of amides is 3. The minimum atomic E-state index is -0.290. The molecule has 0 radical (unpaired) electrons. The number of carbonyl (C=O) groups excluding carboxylic acids is 3. The molecule has 4 rings (SSSR count).